The third-order valence-electron chi connectivity index (χ3n) is 3.50. The first kappa shape index (κ1) is 17.4. The van der Waals surface area contributed by atoms with Crippen LogP contribution >= 0.6 is 11.3 Å². The van der Waals surface area contributed by atoms with Crippen LogP contribution < -0.4 is 10.9 Å². The van der Waals surface area contributed by atoms with Crippen molar-refractivity contribution in [2.75, 3.05) is 32.7 Å². The monoisotopic (exact) mass is 339 g/mol. The molecule has 1 fully saturated rings. The molecule has 3 amide bonds. The van der Waals surface area contributed by atoms with Gasteiger partial charge in [-0.15, -0.1) is 11.3 Å². The van der Waals surface area contributed by atoms with Crippen molar-refractivity contribution in [3.8, 4) is 0 Å². The lowest BCUT2D eigenvalue weighted by molar-refractivity contribution is -0.132. The predicted molar refractivity (Wildman–Crippen MR) is 85.5 cm³/mol. The number of rotatable bonds is 4. The molecule has 2 heterocycles. The Kier molecular flexibility index (Phi) is 6.05. The van der Waals surface area contributed by atoms with Crippen molar-refractivity contribution in [1.82, 2.24) is 25.6 Å². The van der Waals surface area contributed by atoms with Gasteiger partial charge in [0, 0.05) is 44.2 Å². The van der Waals surface area contributed by atoms with Gasteiger partial charge in [-0.25, -0.2) is 4.98 Å². The molecular weight excluding hydrogens is 318 g/mol. The van der Waals surface area contributed by atoms with Gasteiger partial charge in [0.25, 0.3) is 5.91 Å². The van der Waals surface area contributed by atoms with Crippen LogP contribution in [-0.4, -0.2) is 65.2 Å². The Morgan fingerprint density at radius 2 is 1.83 bits per heavy atom. The summed E-state index contributed by atoms with van der Waals surface area (Å²) in [7, 11) is 0. The summed E-state index contributed by atoms with van der Waals surface area (Å²) in [6, 6.07) is 0. The third kappa shape index (κ3) is 5.61. The van der Waals surface area contributed by atoms with Gasteiger partial charge in [0.1, 0.15) is 5.01 Å². The van der Waals surface area contributed by atoms with E-state index in [1.54, 1.807) is 11.8 Å². The molecule has 1 aromatic rings. The van der Waals surface area contributed by atoms with Crippen molar-refractivity contribution in [3.05, 3.63) is 16.1 Å². The number of aromatic nitrogens is 1. The van der Waals surface area contributed by atoms with Crippen molar-refractivity contribution in [1.29, 1.82) is 0 Å². The Morgan fingerprint density at radius 3 is 2.39 bits per heavy atom. The lowest BCUT2D eigenvalue weighted by Crippen LogP contribution is -2.52. The molecule has 0 bridgehead atoms. The number of carbonyl (C=O) groups is 3. The van der Waals surface area contributed by atoms with Crippen molar-refractivity contribution in [2.24, 2.45) is 0 Å². The van der Waals surface area contributed by atoms with Crippen molar-refractivity contribution >= 4 is 29.1 Å². The van der Waals surface area contributed by atoms with Gasteiger partial charge in [-0.2, -0.15) is 0 Å². The summed E-state index contributed by atoms with van der Waals surface area (Å²) >= 11 is 1.42. The van der Waals surface area contributed by atoms with E-state index in [9.17, 15) is 14.4 Å². The van der Waals surface area contributed by atoms with Gasteiger partial charge < -0.3 is 4.90 Å². The van der Waals surface area contributed by atoms with Crippen LogP contribution in [0.4, 0.5) is 0 Å². The van der Waals surface area contributed by atoms with E-state index in [2.05, 4.69) is 15.8 Å². The topological polar surface area (TPSA) is 94.6 Å². The summed E-state index contributed by atoms with van der Waals surface area (Å²) in [5.41, 5.74) is 5.68. The van der Waals surface area contributed by atoms with Gasteiger partial charge in [-0.05, 0) is 6.92 Å². The van der Waals surface area contributed by atoms with Crippen LogP contribution in [0.3, 0.4) is 0 Å². The fourth-order valence-electron chi connectivity index (χ4n) is 2.27. The summed E-state index contributed by atoms with van der Waals surface area (Å²) in [6.45, 7) is 6.16. The summed E-state index contributed by atoms with van der Waals surface area (Å²) in [4.78, 5) is 42.7. The van der Waals surface area contributed by atoms with Crippen LogP contribution in [0.1, 0.15) is 17.6 Å². The molecule has 1 aromatic heterocycles. The van der Waals surface area contributed by atoms with E-state index in [1.807, 2.05) is 17.2 Å². The van der Waals surface area contributed by atoms with Gasteiger partial charge in [-0.3, -0.25) is 30.1 Å². The van der Waals surface area contributed by atoms with Crippen LogP contribution in [0.15, 0.2) is 5.38 Å². The zero-order valence-corrected chi connectivity index (χ0v) is 14.1. The highest BCUT2D eigenvalue weighted by molar-refractivity contribution is 7.09. The van der Waals surface area contributed by atoms with Crippen molar-refractivity contribution < 1.29 is 14.4 Å². The standard InChI is InChI=1S/C14H21N5O3S/c1-10-9-23-14(15-10)7-12(21)16-17-13(22)8-18-3-5-19(6-4-18)11(2)20/h9H,3-8H2,1-2H3,(H,16,21)(H,17,22). The average molecular weight is 339 g/mol. The van der Waals surface area contributed by atoms with E-state index in [1.165, 1.54) is 11.3 Å². The first-order valence-corrected chi connectivity index (χ1v) is 8.28. The highest BCUT2D eigenvalue weighted by Gasteiger charge is 2.20. The van der Waals surface area contributed by atoms with E-state index in [4.69, 9.17) is 0 Å². The SMILES string of the molecule is CC(=O)N1CCN(CC(=O)NNC(=O)Cc2nc(C)cs2)CC1. The number of carbonyl (C=O) groups excluding carboxylic acids is 3. The fourth-order valence-corrected chi connectivity index (χ4v) is 3.04. The first-order valence-electron chi connectivity index (χ1n) is 7.40. The fraction of sp³-hybridized carbons (Fsp3) is 0.571. The summed E-state index contributed by atoms with van der Waals surface area (Å²) in [5, 5.41) is 2.59. The lowest BCUT2D eigenvalue weighted by Gasteiger charge is -2.33. The highest BCUT2D eigenvalue weighted by Crippen LogP contribution is 2.08. The maximum absolute atomic E-state index is 11.8. The van der Waals surface area contributed by atoms with Gasteiger partial charge in [0.05, 0.1) is 13.0 Å². The van der Waals surface area contributed by atoms with Gasteiger partial charge in [0.2, 0.25) is 11.8 Å². The first-order chi connectivity index (χ1) is 10.9. The summed E-state index contributed by atoms with van der Waals surface area (Å²) < 4.78 is 0. The third-order valence-corrected chi connectivity index (χ3v) is 4.47. The number of nitrogens with one attached hydrogen (secondary N) is 2. The molecule has 9 heteroatoms. The number of thiazole rings is 1. The van der Waals surface area contributed by atoms with E-state index in [-0.39, 0.29) is 30.7 Å². The van der Waals surface area contributed by atoms with Crippen LogP contribution in [0.25, 0.3) is 0 Å². The number of hydrogen-bond donors (Lipinski definition) is 2. The molecule has 23 heavy (non-hydrogen) atoms. The molecule has 2 rings (SSSR count). The zero-order chi connectivity index (χ0) is 16.8. The molecule has 126 valence electrons. The minimum atomic E-state index is -0.297. The number of aryl methyl sites for hydroxylation is 1. The summed E-state index contributed by atoms with van der Waals surface area (Å²) in [6.07, 6.45) is 0.149. The minimum absolute atomic E-state index is 0.0544. The Labute approximate surface area is 138 Å². The Hall–Kier alpha value is -2.00. The number of hydrogen-bond acceptors (Lipinski definition) is 6. The van der Waals surface area contributed by atoms with Gasteiger partial charge in [-0.1, -0.05) is 0 Å². The van der Waals surface area contributed by atoms with Crippen LogP contribution in [0.5, 0.6) is 0 Å². The molecule has 0 aromatic carbocycles. The molecule has 0 aliphatic carbocycles. The Balaban J connectivity index is 1.65. The van der Waals surface area contributed by atoms with Crippen LogP contribution in [0, 0.1) is 6.92 Å². The molecule has 0 radical (unpaired) electrons. The lowest BCUT2D eigenvalue weighted by atomic mass is 10.3. The minimum Gasteiger partial charge on any atom is -0.340 e. The molecule has 1 saturated heterocycles. The largest absolute Gasteiger partial charge is 0.340 e. The number of piperazine rings is 1. The Morgan fingerprint density at radius 1 is 1.17 bits per heavy atom. The molecule has 8 nitrogen and oxygen atoms in total. The second-order valence-electron chi connectivity index (χ2n) is 5.44. The quantitative estimate of drug-likeness (QED) is 0.708. The highest BCUT2D eigenvalue weighted by atomic mass is 32.1. The Bertz CT molecular complexity index is 581. The average Bonchev–Trinajstić information content (AvgIpc) is 2.91. The normalized spacial score (nSPS) is 15.3. The van der Waals surface area contributed by atoms with E-state index in [0.717, 1.165) is 10.7 Å². The van der Waals surface area contributed by atoms with Gasteiger partial charge >= 0.3 is 0 Å². The van der Waals surface area contributed by atoms with Crippen LogP contribution in [-0.2, 0) is 20.8 Å². The molecule has 0 saturated carbocycles. The maximum Gasteiger partial charge on any atom is 0.252 e. The van der Waals surface area contributed by atoms with E-state index < -0.39 is 0 Å². The maximum atomic E-state index is 11.8. The zero-order valence-electron chi connectivity index (χ0n) is 13.3. The van der Waals surface area contributed by atoms with Crippen molar-refractivity contribution in [3.63, 3.8) is 0 Å². The molecule has 2 N–H and O–H groups in total. The summed E-state index contributed by atoms with van der Waals surface area (Å²) in [5.74, 6) is -0.516. The smallest absolute Gasteiger partial charge is 0.252 e. The number of nitrogens with zero attached hydrogens (tertiary/aromatic N) is 3. The second kappa shape index (κ2) is 8.02. The molecule has 0 unspecified atom stereocenters. The van der Waals surface area contributed by atoms with Crippen molar-refractivity contribution in [2.45, 2.75) is 20.3 Å². The molecule has 0 atom stereocenters. The second-order valence-corrected chi connectivity index (χ2v) is 6.38. The predicted octanol–water partition coefficient (Wildman–Crippen LogP) is -0.694. The molecule has 0 spiro atoms. The molecular formula is C14H21N5O3S. The molecule has 1 aliphatic heterocycles. The van der Waals surface area contributed by atoms with Crippen LogP contribution in [0.2, 0.25) is 0 Å². The number of hydrazine groups is 1. The van der Waals surface area contributed by atoms with Gasteiger partial charge in [0.15, 0.2) is 0 Å². The van der Waals surface area contributed by atoms with E-state index in [0.29, 0.717) is 26.2 Å². The van der Waals surface area contributed by atoms with E-state index >= 15 is 0 Å². The molecule has 1 aliphatic rings. The number of amides is 3.